The van der Waals surface area contributed by atoms with Gasteiger partial charge >= 0.3 is 0 Å². The van der Waals surface area contributed by atoms with Crippen molar-refractivity contribution in [3.8, 4) is 0 Å². The van der Waals surface area contributed by atoms with Crippen LogP contribution in [0.5, 0.6) is 0 Å². The van der Waals surface area contributed by atoms with E-state index in [0.29, 0.717) is 27.7 Å². The van der Waals surface area contributed by atoms with E-state index in [0.717, 1.165) is 38.5 Å². The first-order chi connectivity index (χ1) is 11.5. The van der Waals surface area contributed by atoms with E-state index in [4.69, 9.17) is 0 Å². The van der Waals surface area contributed by atoms with Crippen molar-refractivity contribution in [3.05, 3.63) is 8.96 Å². The number of unbranched alkanes of at least 4 members (excludes halogenated alkanes) is 8. The minimum atomic E-state index is -0.242. The highest BCUT2D eigenvalue weighted by Gasteiger charge is 2.35. The van der Waals surface area contributed by atoms with Gasteiger partial charge in [0.2, 0.25) is 0 Å². The quantitative estimate of drug-likeness (QED) is 0.276. The van der Waals surface area contributed by atoms with Gasteiger partial charge in [-0.2, -0.15) is 0 Å². The fraction of sp³-hybridized carbons (Fsp3) is 0.722. The number of nitrogens with zero attached hydrogens (tertiary/aromatic N) is 1. The molecule has 0 spiro atoms. The van der Waals surface area contributed by atoms with E-state index in [9.17, 15) is 14.4 Å². The van der Waals surface area contributed by atoms with E-state index >= 15 is 0 Å². The van der Waals surface area contributed by atoms with Crippen molar-refractivity contribution < 1.29 is 14.4 Å². The lowest BCUT2D eigenvalue weighted by Crippen LogP contribution is -2.32. The van der Waals surface area contributed by atoms with E-state index in [1.165, 1.54) is 30.6 Å². The maximum absolute atomic E-state index is 11.8. The normalized spacial score (nSPS) is 14.9. The van der Waals surface area contributed by atoms with Gasteiger partial charge in [0.05, 0.1) is 0 Å². The van der Waals surface area contributed by atoms with E-state index in [2.05, 4.69) is 31.9 Å². The molecule has 0 radical (unpaired) electrons. The molecule has 0 unspecified atom stereocenters. The van der Waals surface area contributed by atoms with E-state index < -0.39 is 0 Å². The summed E-state index contributed by atoms with van der Waals surface area (Å²) in [6.07, 6.45) is 11.5. The van der Waals surface area contributed by atoms with Gasteiger partial charge in [0, 0.05) is 19.4 Å². The lowest BCUT2D eigenvalue weighted by Gasteiger charge is -2.13. The Hall–Kier alpha value is -0.490. The molecule has 2 amide bonds. The maximum Gasteiger partial charge on any atom is 0.269 e. The number of rotatable bonds is 13. The number of halogens is 2. The Balaban J connectivity index is 1.94. The summed E-state index contributed by atoms with van der Waals surface area (Å²) in [6.45, 7) is 2.42. The van der Waals surface area contributed by atoms with Crippen molar-refractivity contribution in [1.29, 1.82) is 0 Å². The lowest BCUT2D eigenvalue weighted by atomic mass is 10.0. The average Bonchev–Trinajstić information content (AvgIpc) is 2.76. The van der Waals surface area contributed by atoms with Crippen LogP contribution in [0, 0.1) is 0 Å². The van der Waals surface area contributed by atoms with Gasteiger partial charge in [-0.3, -0.25) is 19.3 Å². The number of imide groups is 1. The van der Waals surface area contributed by atoms with Gasteiger partial charge in [-0.05, 0) is 44.7 Å². The third kappa shape index (κ3) is 7.18. The van der Waals surface area contributed by atoms with E-state index in [1.54, 1.807) is 0 Å². The van der Waals surface area contributed by atoms with Gasteiger partial charge in [-0.15, -0.1) is 0 Å². The largest absolute Gasteiger partial charge is 0.300 e. The minimum Gasteiger partial charge on any atom is -0.300 e. The molecule has 6 heteroatoms. The third-order valence-corrected chi connectivity index (χ3v) is 6.29. The minimum absolute atomic E-state index is 0.242. The molecular formula is C18H27Br2NO3. The van der Waals surface area contributed by atoms with Crippen LogP contribution < -0.4 is 0 Å². The number of hydrogen-bond acceptors (Lipinski definition) is 3. The molecule has 4 nitrogen and oxygen atoms in total. The van der Waals surface area contributed by atoms with Crippen molar-refractivity contribution in [2.75, 3.05) is 6.54 Å². The molecule has 0 aromatic rings. The molecule has 0 fully saturated rings. The molecular weight excluding hydrogens is 438 g/mol. The van der Waals surface area contributed by atoms with Crippen LogP contribution in [0.25, 0.3) is 0 Å². The van der Waals surface area contributed by atoms with Crippen LogP contribution in [-0.4, -0.2) is 29.0 Å². The maximum atomic E-state index is 11.8. The Labute approximate surface area is 161 Å². The Kier molecular flexibility index (Phi) is 10.7. The zero-order valence-electron chi connectivity index (χ0n) is 14.4. The Morgan fingerprint density at radius 2 is 1.21 bits per heavy atom. The predicted octanol–water partition coefficient (Wildman–Crippen LogP) is 5.24. The van der Waals surface area contributed by atoms with Gasteiger partial charge in [-0.25, -0.2) is 0 Å². The highest BCUT2D eigenvalue weighted by Crippen LogP contribution is 2.29. The number of ketones is 1. The molecule has 0 atom stereocenters. The zero-order chi connectivity index (χ0) is 17.9. The number of Topliss-reactive ketones (excluding diaryl/α,β-unsaturated/α-hetero) is 1. The predicted molar refractivity (Wildman–Crippen MR) is 103 cm³/mol. The molecule has 0 aromatic carbocycles. The molecule has 0 saturated heterocycles. The molecule has 0 aliphatic carbocycles. The number of amides is 2. The molecule has 1 heterocycles. The molecule has 136 valence electrons. The summed E-state index contributed by atoms with van der Waals surface area (Å²) in [5.74, 6) is -0.110. The van der Waals surface area contributed by atoms with Crippen LogP contribution in [0.4, 0.5) is 0 Å². The number of carbonyl (C=O) groups is 3. The summed E-state index contributed by atoms with van der Waals surface area (Å²) in [6, 6.07) is 0. The second kappa shape index (κ2) is 12.0. The highest BCUT2D eigenvalue weighted by atomic mass is 79.9. The van der Waals surface area contributed by atoms with Crippen LogP contribution in [0.1, 0.15) is 77.6 Å². The standard InChI is InChI=1S/C18H27Br2NO3/c1-2-14(22)12-10-8-6-4-3-5-7-9-11-13-21-17(23)15(19)16(20)18(21)24/h2-13H2,1H3. The van der Waals surface area contributed by atoms with E-state index in [-0.39, 0.29) is 11.8 Å². The van der Waals surface area contributed by atoms with Crippen molar-refractivity contribution >= 4 is 49.5 Å². The first-order valence-corrected chi connectivity index (χ1v) is 10.5. The lowest BCUT2D eigenvalue weighted by molar-refractivity contribution is -0.137. The smallest absolute Gasteiger partial charge is 0.269 e. The molecule has 0 aromatic heterocycles. The summed E-state index contributed by atoms with van der Waals surface area (Å²) < 4.78 is 0.654. The Bertz CT molecular complexity index is 465. The molecule has 1 rings (SSSR count). The molecule has 1 aliphatic rings. The van der Waals surface area contributed by atoms with Gasteiger partial charge in [0.1, 0.15) is 14.7 Å². The molecule has 0 saturated carbocycles. The Morgan fingerprint density at radius 1 is 0.792 bits per heavy atom. The van der Waals surface area contributed by atoms with Gasteiger partial charge < -0.3 is 0 Å². The zero-order valence-corrected chi connectivity index (χ0v) is 17.6. The molecule has 0 N–H and O–H groups in total. The van der Waals surface area contributed by atoms with Gasteiger partial charge in [-0.1, -0.05) is 51.9 Å². The molecule has 24 heavy (non-hydrogen) atoms. The second-order valence-corrected chi connectivity index (χ2v) is 7.80. The fourth-order valence-corrected chi connectivity index (χ4v) is 3.49. The summed E-state index contributed by atoms with van der Waals surface area (Å²) in [5.41, 5.74) is 0. The second-order valence-electron chi connectivity index (χ2n) is 6.21. The summed E-state index contributed by atoms with van der Waals surface area (Å²) in [4.78, 5) is 36.1. The fourth-order valence-electron chi connectivity index (χ4n) is 2.73. The van der Waals surface area contributed by atoms with Gasteiger partial charge in [0.15, 0.2) is 0 Å². The summed E-state index contributed by atoms with van der Waals surface area (Å²) in [7, 11) is 0. The average molecular weight is 465 g/mol. The van der Waals surface area contributed by atoms with Crippen molar-refractivity contribution in [1.82, 2.24) is 4.90 Å². The third-order valence-electron chi connectivity index (χ3n) is 4.29. The van der Waals surface area contributed by atoms with Gasteiger partial charge in [0.25, 0.3) is 11.8 Å². The topological polar surface area (TPSA) is 54.5 Å². The first kappa shape index (κ1) is 21.6. The monoisotopic (exact) mass is 463 g/mol. The number of carbonyl (C=O) groups excluding carboxylic acids is 3. The molecule has 1 aliphatic heterocycles. The first-order valence-electron chi connectivity index (χ1n) is 8.92. The summed E-state index contributed by atoms with van der Waals surface area (Å²) in [5, 5.41) is 0. The molecule has 0 bridgehead atoms. The van der Waals surface area contributed by atoms with Crippen molar-refractivity contribution in [2.45, 2.75) is 77.6 Å². The van der Waals surface area contributed by atoms with Crippen molar-refractivity contribution in [3.63, 3.8) is 0 Å². The van der Waals surface area contributed by atoms with Crippen LogP contribution in [-0.2, 0) is 14.4 Å². The van der Waals surface area contributed by atoms with E-state index in [1.807, 2.05) is 6.92 Å². The van der Waals surface area contributed by atoms with Crippen LogP contribution in [0.2, 0.25) is 0 Å². The number of hydrogen-bond donors (Lipinski definition) is 0. The SMILES string of the molecule is CCC(=O)CCCCCCCCCCCN1C(=O)C(Br)=C(Br)C1=O. The van der Waals surface area contributed by atoms with Crippen LogP contribution >= 0.6 is 31.9 Å². The van der Waals surface area contributed by atoms with Crippen LogP contribution in [0.3, 0.4) is 0 Å². The Morgan fingerprint density at radius 3 is 1.67 bits per heavy atom. The van der Waals surface area contributed by atoms with Crippen molar-refractivity contribution in [2.24, 2.45) is 0 Å². The van der Waals surface area contributed by atoms with Crippen LogP contribution in [0.15, 0.2) is 8.96 Å². The summed E-state index contributed by atoms with van der Waals surface area (Å²) >= 11 is 6.27. The highest BCUT2D eigenvalue weighted by molar-refractivity contribution is 9.14.